The number of ether oxygens (including phenoxy) is 1. The standard InChI is InChI=1S/C17H25NO/c1-3-18-15-12-17(10-8-13(2)9-11-17)19-16-7-5-4-6-14(15)16/h4-7,13,15,18H,3,8-12H2,1-2H3. The van der Waals surface area contributed by atoms with E-state index >= 15 is 0 Å². The maximum absolute atomic E-state index is 6.45. The lowest BCUT2D eigenvalue weighted by Crippen LogP contribution is -2.46. The fourth-order valence-corrected chi connectivity index (χ4v) is 3.64. The minimum Gasteiger partial charge on any atom is -0.487 e. The third-order valence-corrected chi connectivity index (χ3v) is 4.83. The summed E-state index contributed by atoms with van der Waals surface area (Å²) in [4.78, 5) is 0. The Hall–Kier alpha value is -1.02. The first kappa shape index (κ1) is 13.0. The van der Waals surface area contributed by atoms with Gasteiger partial charge >= 0.3 is 0 Å². The molecule has 0 bridgehead atoms. The van der Waals surface area contributed by atoms with Crippen LogP contribution in [-0.4, -0.2) is 12.1 Å². The van der Waals surface area contributed by atoms with Gasteiger partial charge in [0.25, 0.3) is 0 Å². The molecular weight excluding hydrogens is 234 g/mol. The molecule has 104 valence electrons. The molecule has 2 aliphatic rings. The van der Waals surface area contributed by atoms with Crippen LogP contribution in [0.2, 0.25) is 0 Å². The maximum atomic E-state index is 6.45. The molecule has 19 heavy (non-hydrogen) atoms. The number of fused-ring (bicyclic) bond motifs is 1. The molecule has 1 aromatic rings. The van der Waals surface area contributed by atoms with Crippen LogP contribution in [0.3, 0.4) is 0 Å². The minimum absolute atomic E-state index is 0.0910. The quantitative estimate of drug-likeness (QED) is 0.864. The monoisotopic (exact) mass is 259 g/mol. The molecule has 1 aliphatic carbocycles. The second-order valence-electron chi connectivity index (χ2n) is 6.32. The fourth-order valence-electron chi connectivity index (χ4n) is 3.64. The van der Waals surface area contributed by atoms with Gasteiger partial charge in [-0.2, -0.15) is 0 Å². The summed E-state index contributed by atoms with van der Waals surface area (Å²) in [5.41, 5.74) is 1.43. The smallest absolute Gasteiger partial charge is 0.124 e. The zero-order chi connectivity index (χ0) is 13.3. The molecule has 1 fully saturated rings. The van der Waals surface area contributed by atoms with Crippen LogP contribution in [0.15, 0.2) is 24.3 Å². The summed E-state index contributed by atoms with van der Waals surface area (Å²) in [6.07, 6.45) is 6.17. The summed E-state index contributed by atoms with van der Waals surface area (Å²) in [7, 11) is 0. The lowest BCUT2D eigenvalue weighted by atomic mass is 9.74. The number of nitrogens with one attached hydrogen (secondary N) is 1. The van der Waals surface area contributed by atoms with Crippen LogP contribution < -0.4 is 10.1 Å². The molecule has 1 heterocycles. The summed E-state index contributed by atoms with van der Waals surface area (Å²) in [6, 6.07) is 9.02. The van der Waals surface area contributed by atoms with Gasteiger partial charge in [-0.3, -0.25) is 0 Å². The zero-order valence-electron chi connectivity index (χ0n) is 12.1. The van der Waals surface area contributed by atoms with Crippen molar-refractivity contribution in [2.75, 3.05) is 6.54 Å². The molecule has 0 saturated heterocycles. The average Bonchev–Trinajstić information content (AvgIpc) is 2.43. The molecule has 1 saturated carbocycles. The van der Waals surface area contributed by atoms with E-state index in [-0.39, 0.29) is 5.60 Å². The van der Waals surface area contributed by atoms with E-state index in [1.807, 2.05) is 0 Å². The third kappa shape index (κ3) is 2.51. The molecule has 1 aromatic carbocycles. The van der Waals surface area contributed by atoms with Crippen LogP contribution in [-0.2, 0) is 0 Å². The second-order valence-corrected chi connectivity index (χ2v) is 6.32. The highest BCUT2D eigenvalue weighted by molar-refractivity contribution is 5.39. The normalized spacial score (nSPS) is 33.8. The Morgan fingerprint density at radius 2 is 2.00 bits per heavy atom. The molecule has 2 nitrogen and oxygen atoms in total. The van der Waals surface area contributed by atoms with E-state index in [9.17, 15) is 0 Å². The predicted molar refractivity (Wildman–Crippen MR) is 78.5 cm³/mol. The maximum Gasteiger partial charge on any atom is 0.124 e. The van der Waals surface area contributed by atoms with Gasteiger partial charge in [0.15, 0.2) is 0 Å². The van der Waals surface area contributed by atoms with Crippen LogP contribution in [0.25, 0.3) is 0 Å². The van der Waals surface area contributed by atoms with E-state index in [1.54, 1.807) is 0 Å². The molecule has 0 aromatic heterocycles. The van der Waals surface area contributed by atoms with E-state index in [0.717, 1.165) is 24.6 Å². The number of hydrogen-bond donors (Lipinski definition) is 1. The van der Waals surface area contributed by atoms with Crippen LogP contribution >= 0.6 is 0 Å². The molecule has 1 unspecified atom stereocenters. The summed E-state index contributed by atoms with van der Waals surface area (Å²) < 4.78 is 6.45. The van der Waals surface area contributed by atoms with Crippen LogP contribution in [0.1, 0.15) is 57.6 Å². The number of benzene rings is 1. The molecule has 1 aliphatic heterocycles. The zero-order valence-corrected chi connectivity index (χ0v) is 12.1. The van der Waals surface area contributed by atoms with Crippen LogP contribution in [0.4, 0.5) is 0 Å². The van der Waals surface area contributed by atoms with Crippen molar-refractivity contribution in [3.8, 4) is 5.75 Å². The SMILES string of the molecule is CCNC1CC2(CCC(C)CC2)Oc2ccccc21. The average molecular weight is 259 g/mol. The number of para-hydroxylation sites is 1. The van der Waals surface area contributed by atoms with Crippen molar-refractivity contribution in [3.05, 3.63) is 29.8 Å². The topological polar surface area (TPSA) is 21.3 Å². The molecule has 3 rings (SSSR count). The molecule has 1 N–H and O–H groups in total. The highest BCUT2D eigenvalue weighted by Gasteiger charge is 2.42. The Balaban J connectivity index is 1.88. The van der Waals surface area contributed by atoms with Crippen molar-refractivity contribution in [2.24, 2.45) is 5.92 Å². The van der Waals surface area contributed by atoms with Gasteiger partial charge in [0.2, 0.25) is 0 Å². The minimum atomic E-state index is 0.0910. The lowest BCUT2D eigenvalue weighted by Gasteiger charge is -2.46. The molecule has 0 radical (unpaired) electrons. The Kier molecular flexibility index (Phi) is 3.53. The Morgan fingerprint density at radius 1 is 1.26 bits per heavy atom. The number of hydrogen-bond acceptors (Lipinski definition) is 2. The molecular formula is C17H25NO. The molecule has 0 amide bonds. The van der Waals surface area contributed by atoms with E-state index in [4.69, 9.17) is 4.74 Å². The first-order chi connectivity index (χ1) is 9.22. The van der Waals surface area contributed by atoms with Crippen molar-refractivity contribution in [1.82, 2.24) is 5.32 Å². The second kappa shape index (κ2) is 5.16. The highest BCUT2D eigenvalue weighted by atomic mass is 16.5. The third-order valence-electron chi connectivity index (χ3n) is 4.83. The summed E-state index contributed by atoms with van der Waals surface area (Å²) in [5, 5.41) is 3.64. The van der Waals surface area contributed by atoms with E-state index in [2.05, 4.69) is 43.4 Å². The van der Waals surface area contributed by atoms with E-state index in [1.165, 1.54) is 31.2 Å². The van der Waals surface area contributed by atoms with Gasteiger partial charge in [0, 0.05) is 18.0 Å². The number of rotatable bonds is 2. The lowest BCUT2D eigenvalue weighted by molar-refractivity contribution is -0.0125. The van der Waals surface area contributed by atoms with Crippen molar-refractivity contribution in [3.63, 3.8) is 0 Å². The van der Waals surface area contributed by atoms with Crippen molar-refractivity contribution < 1.29 is 4.74 Å². The highest BCUT2D eigenvalue weighted by Crippen LogP contribution is 2.46. The molecule has 1 spiro atoms. The summed E-state index contributed by atoms with van der Waals surface area (Å²) >= 11 is 0. The molecule has 1 atom stereocenters. The molecule has 2 heteroatoms. The Labute approximate surface area is 116 Å². The fraction of sp³-hybridized carbons (Fsp3) is 0.647. The van der Waals surface area contributed by atoms with Gasteiger partial charge in [-0.25, -0.2) is 0 Å². The van der Waals surface area contributed by atoms with Crippen molar-refractivity contribution >= 4 is 0 Å². The summed E-state index contributed by atoms with van der Waals surface area (Å²) in [5.74, 6) is 1.97. The predicted octanol–water partition coefficient (Wildman–Crippen LogP) is 4.07. The van der Waals surface area contributed by atoms with Crippen molar-refractivity contribution in [1.29, 1.82) is 0 Å². The Bertz CT molecular complexity index is 435. The van der Waals surface area contributed by atoms with E-state index < -0.39 is 0 Å². The van der Waals surface area contributed by atoms with E-state index in [0.29, 0.717) is 6.04 Å². The van der Waals surface area contributed by atoms with Gasteiger partial charge in [0.05, 0.1) is 0 Å². The van der Waals surface area contributed by atoms with Gasteiger partial charge in [-0.05, 0) is 44.2 Å². The first-order valence-corrected chi connectivity index (χ1v) is 7.74. The van der Waals surface area contributed by atoms with Crippen LogP contribution in [0, 0.1) is 5.92 Å². The van der Waals surface area contributed by atoms with Crippen molar-refractivity contribution in [2.45, 2.75) is 57.6 Å². The van der Waals surface area contributed by atoms with Gasteiger partial charge in [-0.15, -0.1) is 0 Å². The first-order valence-electron chi connectivity index (χ1n) is 7.74. The van der Waals surface area contributed by atoms with Crippen LogP contribution in [0.5, 0.6) is 5.75 Å². The largest absolute Gasteiger partial charge is 0.487 e. The van der Waals surface area contributed by atoms with Gasteiger partial charge in [0.1, 0.15) is 11.4 Å². The summed E-state index contributed by atoms with van der Waals surface area (Å²) in [6.45, 7) is 5.57. The van der Waals surface area contributed by atoms with Gasteiger partial charge < -0.3 is 10.1 Å². The van der Waals surface area contributed by atoms with Gasteiger partial charge in [-0.1, -0.05) is 32.0 Å². The Morgan fingerprint density at radius 3 is 2.74 bits per heavy atom.